The molecular weight excluding hydrogens is 306 g/mol. The molecule has 23 heavy (non-hydrogen) atoms. The van der Waals surface area contributed by atoms with Crippen molar-refractivity contribution in [2.24, 2.45) is 4.99 Å². The smallest absolute Gasteiger partial charge is 0.231 e. The highest BCUT2D eigenvalue weighted by Crippen LogP contribution is 2.19. The number of aliphatic imine (C=N–C) groups is 1. The topological polar surface area (TPSA) is 44.6 Å². The molecule has 1 fully saturated rings. The highest BCUT2D eigenvalue weighted by molar-refractivity contribution is 7.14. The predicted molar refractivity (Wildman–Crippen MR) is 96.3 cm³/mol. The van der Waals surface area contributed by atoms with Gasteiger partial charge in [-0.25, -0.2) is 4.99 Å². The van der Waals surface area contributed by atoms with Crippen molar-refractivity contribution < 1.29 is 0 Å². The second-order valence-corrected chi connectivity index (χ2v) is 6.65. The molecule has 0 N–H and O–H groups in total. The molecule has 2 heterocycles. The summed E-state index contributed by atoms with van der Waals surface area (Å²) in [7, 11) is 2.16. The quantitative estimate of drug-likeness (QED) is 0.792. The molecular formula is C17H21N5S. The van der Waals surface area contributed by atoms with Crippen LogP contribution in [0.15, 0.2) is 41.4 Å². The summed E-state index contributed by atoms with van der Waals surface area (Å²) in [5.74, 6) is 0. The van der Waals surface area contributed by atoms with Crippen LogP contribution < -0.4 is 0 Å². The average Bonchev–Trinajstić information content (AvgIpc) is 3.02. The van der Waals surface area contributed by atoms with Crippen LogP contribution in [0.3, 0.4) is 0 Å². The minimum absolute atomic E-state index is 0.715. The van der Waals surface area contributed by atoms with Crippen LogP contribution in [0.2, 0.25) is 0 Å². The van der Waals surface area contributed by atoms with Crippen molar-refractivity contribution in [2.75, 3.05) is 33.2 Å². The van der Waals surface area contributed by atoms with Gasteiger partial charge in [0.25, 0.3) is 0 Å². The Bertz CT molecular complexity index is 657. The zero-order valence-corrected chi connectivity index (χ0v) is 14.1. The zero-order valence-electron chi connectivity index (χ0n) is 13.3. The Balaban J connectivity index is 1.51. The summed E-state index contributed by atoms with van der Waals surface area (Å²) in [6.45, 7) is 5.30. The predicted octanol–water partition coefficient (Wildman–Crippen LogP) is 2.70. The standard InChI is InChI=1S/C17H21N5S/c1-21-10-12-22(13-11-21)14-16-19-20-17(23-16)18-9-5-8-15-6-3-2-4-7-15/h2-9H,10-14H2,1H3/b8-5+,18-9+. The van der Waals surface area contributed by atoms with Gasteiger partial charge in [0.15, 0.2) is 0 Å². The highest BCUT2D eigenvalue weighted by Gasteiger charge is 2.15. The fraction of sp³-hybridized carbons (Fsp3) is 0.353. The summed E-state index contributed by atoms with van der Waals surface area (Å²) in [6.07, 6.45) is 5.72. The van der Waals surface area contributed by atoms with Gasteiger partial charge in [-0.3, -0.25) is 4.90 Å². The van der Waals surface area contributed by atoms with E-state index in [9.17, 15) is 0 Å². The molecule has 5 nitrogen and oxygen atoms in total. The number of allylic oxidation sites excluding steroid dienone is 1. The minimum atomic E-state index is 0.715. The van der Waals surface area contributed by atoms with Gasteiger partial charge in [0.05, 0.1) is 6.54 Å². The molecule has 2 aromatic rings. The summed E-state index contributed by atoms with van der Waals surface area (Å²) in [4.78, 5) is 9.13. The van der Waals surface area contributed by atoms with Crippen LogP contribution in [0.5, 0.6) is 0 Å². The van der Waals surface area contributed by atoms with E-state index in [-0.39, 0.29) is 0 Å². The van der Waals surface area contributed by atoms with Crippen molar-refractivity contribution in [3.05, 3.63) is 47.0 Å². The van der Waals surface area contributed by atoms with Gasteiger partial charge in [-0.15, -0.1) is 10.2 Å². The Morgan fingerprint density at radius 1 is 1.13 bits per heavy atom. The van der Waals surface area contributed by atoms with Gasteiger partial charge in [-0.1, -0.05) is 47.7 Å². The lowest BCUT2D eigenvalue weighted by atomic mass is 10.2. The molecule has 3 rings (SSSR count). The van der Waals surface area contributed by atoms with Crippen molar-refractivity contribution in [3.8, 4) is 0 Å². The third kappa shape index (κ3) is 5.06. The van der Waals surface area contributed by atoms with Gasteiger partial charge in [0.1, 0.15) is 5.01 Å². The van der Waals surface area contributed by atoms with Gasteiger partial charge in [0.2, 0.25) is 5.13 Å². The van der Waals surface area contributed by atoms with E-state index in [1.807, 2.05) is 30.4 Å². The molecule has 1 aliphatic rings. The first-order chi connectivity index (χ1) is 11.3. The van der Waals surface area contributed by atoms with E-state index in [1.165, 1.54) is 0 Å². The fourth-order valence-corrected chi connectivity index (χ4v) is 3.12. The lowest BCUT2D eigenvalue weighted by Gasteiger charge is -2.31. The van der Waals surface area contributed by atoms with E-state index in [0.29, 0.717) is 5.13 Å². The van der Waals surface area contributed by atoms with Crippen molar-refractivity contribution >= 4 is 28.8 Å². The molecule has 0 bridgehead atoms. The molecule has 0 radical (unpaired) electrons. The van der Waals surface area contributed by atoms with Crippen LogP contribution in [0.1, 0.15) is 10.6 Å². The molecule has 0 amide bonds. The van der Waals surface area contributed by atoms with Crippen LogP contribution in [0.4, 0.5) is 5.13 Å². The second-order valence-electron chi connectivity index (χ2n) is 5.61. The lowest BCUT2D eigenvalue weighted by Crippen LogP contribution is -2.43. The van der Waals surface area contributed by atoms with Crippen molar-refractivity contribution in [2.45, 2.75) is 6.54 Å². The fourth-order valence-electron chi connectivity index (χ4n) is 2.38. The maximum atomic E-state index is 4.35. The second kappa shape index (κ2) is 8.10. The number of piperazine rings is 1. The summed E-state index contributed by atoms with van der Waals surface area (Å²) in [5, 5.41) is 10.1. The normalized spacial score (nSPS) is 17.4. The van der Waals surface area contributed by atoms with Gasteiger partial charge < -0.3 is 4.90 Å². The van der Waals surface area contributed by atoms with Crippen molar-refractivity contribution in [1.82, 2.24) is 20.0 Å². The van der Waals surface area contributed by atoms with Crippen LogP contribution >= 0.6 is 11.3 Å². The molecule has 1 aromatic heterocycles. The molecule has 6 heteroatoms. The SMILES string of the molecule is CN1CCN(Cc2nnc(/N=C/C=C/c3ccccc3)s2)CC1. The molecule has 0 unspecified atom stereocenters. The van der Waals surface area contributed by atoms with Crippen LogP contribution in [-0.4, -0.2) is 59.4 Å². The minimum Gasteiger partial charge on any atom is -0.304 e. The Morgan fingerprint density at radius 2 is 1.91 bits per heavy atom. The Hall–Kier alpha value is -1.89. The van der Waals surface area contributed by atoms with Crippen molar-refractivity contribution in [3.63, 3.8) is 0 Å². The monoisotopic (exact) mass is 327 g/mol. The largest absolute Gasteiger partial charge is 0.304 e. The molecule has 120 valence electrons. The maximum Gasteiger partial charge on any atom is 0.231 e. The molecule has 1 aromatic carbocycles. The van der Waals surface area contributed by atoms with E-state index in [2.05, 4.69) is 44.2 Å². The number of nitrogens with zero attached hydrogens (tertiary/aromatic N) is 5. The first-order valence-electron chi connectivity index (χ1n) is 7.79. The third-order valence-electron chi connectivity index (χ3n) is 3.77. The van der Waals surface area contributed by atoms with Crippen LogP contribution in [0, 0.1) is 0 Å². The van der Waals surface area contributed by atoms with Gasteiger partial charge >= 0.3 is 0 Å². The molecule has 0 atom stereocenters. The molecule has 0 aliphatic carbocycles. The number of rotatable bonds is 5. The number of benzene rings is 1. The summed E-state index contributed by atoms with van der Waals surface area (Å²) in [6, 6.07) is 10.2. The zero-order chi connectivity index (χ0) is 15.9. The van der Waals surface area contributed by atoms with Crippen molar-refractivity contribution in [1.29, 1.82) is 0 Å². The number of hydrogen-bond donors (Lipinski definition) is 0. The van der Waals surface area contributed by atoms with Gasteiger partial charge in [0, 0.05) is 32.4 Å². The lowest BCUT2D eigenvalue weighted by molar-refractivity contribution is 0.148. The number of hydrogen-bond acceptors (Lipinski definition) is 6. The summed E-state index contributed by atoms with van der Waals surface area (Å²) < 4.78 is 0. The van der Waals surface area contributed by atoms with Crippen LogP contribution in [0.25, 0.3) is 6.08 Å². The number of likely N-dealkylation sites (N-methyl/N-ethyl adjacent to an activating group) is 1. The van der Waals surface area contributed by atoms with E-state index in [4.69, 9.17) is 0 Å². The maximum absolute atomic E-state index is 4.35. The Morgan fingerprint density at radius 3 is 2.70 bits per heavy atom. The first kappa shape index (κ1) is 16.0. The van der Waals surface area contributed by atoms with E-state index >= 15 is 0 Å². The molecule has 1 aliphatic heterocycles. The van der Waals surface area contributed by atoms with Gasteiger partial charge in [-0.05, 0) is 18.7 Å². The van der Waals surface area contributed by atoms with E-state index in [1.54, 1.807) is 17.6 Å². The Labute approximate surface area is 141 Å². The van der Waals surface area contributed by atoms with E-state index < -0.39 is 0 Å². The molecule has 0 spiro atoms. The highest BCUT2D eigenvalue weighted by atomic mass is 32.1. The molecule has 1 saturated heterocycles. The van der Waals surface area contributed by atoms with Crippen LogP contribution in [-0.2, 0) is 6.54 Å². The number of aromatic nitrogens is 2. The average molecular weight is 327 g/mol. The Kier molecular flexibility index (Phi) is 5.63. The first-order valence-corrected chi connectivity index (χ1v) is 8.60. The van der Waals surface area contributed by atoms with Gasteiger partial charge in [-0.2, -0.15) is 0 Å². The molecule has 0 saturated carbocycles. The summed E-state index contributed by atoms with van der Waals surface area (Å²) >= 11 is 1.56. The summed E-state index contributed by atoms with van der Waals surface area (Å²) in [5.41, 5.74) is 1.16. The third-order valence-corrected chi connectivity index (χ3v) is 4.59. The van der Waals surface area contributed by atoms with E-state index in [0.717, 1.165) is 43.3 Å².